The number of carbonyl (C=O) groups excluding carboxylic acids is 1. The van der Waals surface area contributed by atoms with E-state index in [1.807, 2.05) is 52.0 Å². The summed E-state index contributed by atoms with van der Waals surface area (Å²) in [5, 5.41) is 4.19. The van der Waals surface area contributed by atoms with Crippen molar-refractivity contribution >= 4 is 34.0 Å². The van der Waals surface area contributed by atoms with Crippen LogP contribution in [-0.4, -0.2) is 10.9 Å². The molecule has 0 saturated carbocycles. The quantitative estimate of drug-likeness (QED) is 0.849. The number of aryl methyl sites for hydroxylation is 1. The molecular weight excluding hydrogens is 304 g/mol. The minimum Gasteiger partial charge on any atom is -0.302 e. The number of benzene rings is 1. The zero-order valence-electron chi connectivity index (χ0n) is 12.7. The normalized spacial score (nSPS) is 11.5. The summed E-state index contributed by atoms with van der Waals surface area (Å²) in [6, 6.07) is 7.58. The van der Waals surface area contributed by atoms with Gasteiger partial charge in [0.25, 0.3) is 0 Å². The number of hydrogen-bond donors (Lipinski definition) is 1. The van der Waals surface area contributed by atoms with Crippen LogP contribution in [0.15, 0.2) is 24.3 Å². The van der Waals surface area contributed by atoms with Crippen LogP contribution in [0.4, 0.5) is 5.13 Å². The van der Waals surface area contributed by atoms with E-state index < -0.39 is 0 Å². The van der Waals surface area contributed by atoms with Crippen LogP contribution in [0.5, 0.6) is 0 Å². The average molecular weight is 323 g/mol. The zero-order valence-corrected chi connectivity index (χ0v) is 14.2. The van der Waals surface area contributed by atoms with Gasteiger partial charge in [-0.15, -0.1) is 11.3 Å². The van der Waals surface area contributed by atoms with E-state index in [1.54, 1.807) is 0 Å². The molecule has 0 radical (unpaired) electrons. The van der Waals surface area contributed by atoms with Gasteiger partial charge in [0.15, 0.2) is 5.13 Å². The number of thiazole rings is 1. The van der Waals surface area contributed by atoms with Gasteiger partial charge in [-0.25, -0.2) is 4.98 Å². The van der Waals surface area contributed by atoms with Gasteiger partial charge in [0, 0.05) is 21.9 Å². The number of nitrogens with one attached hydrogen (secondary N) is 1. The van der Waals surface area contributed by atoms with E-state index in [0.717, 1.165) is 16.1 Å². The van der Waals surface area contributed by atoms with E-state index >= 15 is 0 Å². The Balaban J connectivity index is 2.18. The van der Waals surface area contributed by atoms with Crippen LogP contribution in [0, 0.1) is 12.3 Å². The van der Waals surface area contributed by atoms with Crippen LogP contribution >= 0.6 is 22.9 Å². The van der Waals surface area contributed by atoms with Crippen molar-refractivity contribution < 1.29 is 4.79 Å². The number of hydrogen-bond acceptors (Lipinski definition) is 3. The van der Waals surface area contributed by atoms with E-state index in [4.69, 9.17) is 11.6 Å². The molecule has 0 fully saturated rings. The number of anilines is 1. The molecule has 1 N–H and O–H groups in total. The third-order valence-corrected chi connectivity index (χ3v) is 3.95. The molecule has 1 heterocycles. The Labute approximate surface area is 134 Å². The second kappa shape index (κ2) is 6.16. The van der Waals surface area contributed by atoms with Gasteiger partial charge < -0.3 is 5.32 Å². The topological polar surface area (TPSA) is 42.0 Å². The molecule has 1 aromatic carbocycles. The summed E-state index contributed by atoms with van der Waals surface area (Å²) in [4.78, 5) is 17.6. The van der Waals surface area contributed by atoms with Crippen molar-refractivity contribution in [3.05, 3.63) is 34.2 Å². The van der Waals surface area contributed by atoms with Crippen LogP contribution in [0.1, 0.15) is 32.1 Å². The molecule has 3 nitrogen and oxygen atoms in total. The third kappa shape index (κ3) is 4.55. The molecule has 2 aromatic rings. The largest absolute Gasteiger partial charge is 0.302 e. The van der Waals surface area contributed by atoms with Crippen molar-refractivity contribution in [2.45, 2.75) is 34.1 Å². The molecule has 0 aliphatic carbocycles. The summed E-state index contributed by atoms with van der Waals surface area (Å²) >= 11 is 7.50. The third-order valence-electron chi connectivity index (χ3n) is 2.83. The molecule has 0 unspecified atom stereocenters. The van der Waals surface area contributed by atoms with Gasteiger partial charge in [-0.1, -0.05) is 44.5 Å². The summed E-state index contributed by atoms with van der Waals surface area (Å²) in [6.07, 6.45) is 0.470. The number of rotatable bonds is 3. The van der Waals surface area contributed by atoms with Crippen LogP contribution < -0.4 is 5.32 Å². The Morgan fingerprint density at radius 3 is 2.71 bits per heavy atom. The van der Waals surface area contributed by atoms with Crippen LogP contribution in [0.2, 0.25) is 5.02 Å². The number of amides is 1. The molecule has 0 aliphatic heterocycles. The Morgan fingerprint density at radius 2 is 2.10 bits per heavy atom. The van der Waals surface area contributed by atoms with Gasteiger partial charge in [0.05, 0.1) is 5.69 Å². The molecule has 0 spiro atoms. The minimum atomic E-state index is -0.0355. The van der Waals surface area contributed by atoms with Crippen molar-refractivity contribution in [1.82, 2.24) is 4.98 Å². The van der Waals surface area contributed by atoms with E-state index in [9.17, 15) is 4.79 Å². The molecule has 0 aliphatic rings. The van der Waals surface area contributed by atoms with E-state index in [1.165, 1.54) is 11.3 Å². The second-order valence-corrected chi connectivity index (χ2v) is 7.86. The lowest BCUT2D eigenvalue weighted by Crippen LogP contribution is -2.19. The molecule has 21 heavy (non-hydrogen) atoms. The van der Waals surface area contributed by atoms with Gasteiger partial charge in [-0.2, -0.15) is 0 Å². The number of carbonyl (C=O) groups is 1. The Kier molecular flexibility index (Phi) is 4.69. The zero-order chi connectivity index (χ0) is 15.6. The predicted octanol–water partition coefficient (Wildman–Crippen LogP) is 5.15. The first-order valence-electron chi connectivity index (χ1n) is 6.78. The summed E-state index contributed by atoms with van der Waals surface area (Å²) in [6.45, 7) is 8.11. The first kappa shape index (κ1) is 16.0. The molecule has 1 amide bonds. The Hall–Kier alpha value is -1.39. The SMILES string of the molecule is Cc1sc(NC(=O)CC(C)(C)C)nc1-c1cccc(Cl)c1. The van der Waals surface area contributed by atoms with Crippen molar-refractivity contribution in [2.24, 2.45) is 5.41 Å². The maximum atomic E-state index is 12.0. The van der Waals surface area contributed by atoms with Crippen molar-refractivity contribution in [3.63, 3.8) is 0 Å². The first-order valence-corrected chi connectivity index (χ1v) is 7.97. The lowest BCUT2D eigenvalue weighted by Gasteiger charge is -2.16. The van der Waals surface area contributed by atoms with E-state index in [2.05, 4.69) is 10.3 Å². The van der Waals surface area contributed by atoms with Crippen molar-refractivity contribution in [1.29, 1.82) is 0 Å². The lowest BCUT2D eigenvalue weighted by atomic mass is 9.92. The molecule has 0 bridgehead atoms. The molecule has 2 rings (SSSR count). The van der Waals surface area contributed by atoms with Gasteiger partial charge in [0.2, 0.25) is 5.91 Å². The van der Waals surface area contributed by atoms with E-state index in [-0.39, 0.29) is 11.3 Å². The molecule has 0 atom stereocenters. The Morgan fingerprint density at radius 1 is 1.38 bits per heavy atom. The molecule has 0 saturated heterocycles. The first-order chi connectivity index (χ1) is 9.74. The number of nitrogens with zero attached hydrogens (tertiary/aromatic N) is 1. The van der Waals surface area contributed by atoms with Crippen LogP contribution in [-0.2, 0) is 4.79 Å². The van der Waals surface area contributed by atoms with Gasteiger partial charge in [0.1, 0.15) is 0 Å². The van der Waals surface area contributed by atoms with Crippen LogP contribution in [0.3, 0.4) is 0 Å². The monoisotopic (exact) mass is 322 g/mol. The highest BCUT2D eigenvalue weighted by molar-refractivity contribution is 7.16. The fourth-order valence-corrected chi connectivity index (χ4v) is 3.04. The summed E-state index contributed by atoms with van der Waals surface area (Å²) in [5.41, 5.74) is 1.80. The maximum Gasteiger partial charge on any atom is 0.226 e. The molecule has 112 valence electrons. The maximum absolute atomic E-state index is 12.0. The molecular formula is C16H19ClN2OS. The summed E-state index contributed by atoms with van der Waals surface area (Å²) in [7, 11) is 0. The number of halogens is 1. The van der Waals surface area contributed by atoms with Gasteiger partial charge in [-0.3, -0.25) is 4.79 Å². The average Bonchev–Trinajstić information content (AvgIpc) is 2.67. The van der Waals surface area contributed by atoms with Crippen molar-refractivity contribution in [2.75, 3.05) is 5.32 Å². The fraction of sp³-hybridized carbons (Fsp3) is 0.375. The Bertz CT molecular complexity index is 659. The van der Waals surface area contributed by atoms with E-state index in [0.29, 0.717) is 16.6 Å². The highest BCUT2D eigenvalue weighted by Crippen LogP contribution is 2.32. The standard InChI is InChI=1S/C16H19ClN2OS/c1-10-14(11-6-5-7-12(17)8-11)19-15(21-10)18-13(20)9-16(2,3)4/h5-8H,9H2,1-4H3,(H,18,19,20). The van der Waals surface area contributed by atoms with Crippen LogP contribution in [0.25, 0.3) is 11.3 Å². The summed E-state index contributed by atoms with van der Waals surface area (Å²) in [5.74, 6) is -0.00565. The fourth-order valence-electron chi connectivity index (χ4n) is 2.00. The highest BCUT2D eigenvalue weighted by atomic mass is 35.5. The van der Waals surface area contributed by atoms with Crippen molar-refractivity contribution in [3.8, 4) is 11.3 Å². The molecule has 1 aromatic heterocycles. The second-order valence-electron chi connectivity index (χ2n) is 6.22. The van der Waals surface area contributed by atoms with Gasteiger partial charge in [-0.05, 0) is 24.5 Å². The lowest BCUT2D eigenvalue weighted by molar-refractivity contribution is -0.117. The predicted molar refractivity (Wildman–Crippen MR) is 90.0 cm³/mol. The smallest absolute Gasteiger partial charge is 0.226 e. The molecule has 5 heteroatoms. The van der Waals surface area contributed by atoms with Gasteiger partial charge >= 0.3 is 0 Å². The number of aromatic nitrogens is 1. The minimum absolute atomic E-state index is 0.00565. The summed E-state index contributed by atoms with van der Waals surface area (Å²) < 4.78 is 0. The highest BCUT2D eigenvalue weighted by Gasteiger charge is 2.18.